The fraction of sp³-hybridized carbons (Fsp3) is 0.400. The van der Waals surface area contributed by atoms with Crippen molar-refractivity contribution in [1.82, 2.24) is 9.97 Å². The van der Waals surface area contributed by atoms with Gasteiger partial charge in [0.2, 0.25) is 0 Å². The van der Waals surface area contributed by atoms with Crippen LogP contribution in [-0.2, 0) is 6.42 Å². The molecule has 2 aromatic rings. The van der Waals surface area contributed by atoms with E-state index in [1.165, 1.54) is 4.88 Å². The molecule has 0 aliphatic heterocycles. The first-order valence-electron chi connectivity index (χ1n) is 4.69. The highest BCUT2D eigenvalue weighted by atomic mass is 35.5. The highest BCUT2D eigenvalue weighted by molar-refractivity contribution is 7.18. The molecule has 0 unspecified atom stereocenters. The van der Waals surface area contributed by atoms with Crippen molar-refractivity contribution in [2.45, 2.75) is 20.3 Å². The number of anilines is 1. The molecule has 1 N–H and O–H groups in total. The molecule has 0 aliphatic carbocycles. The van der Waals surface area contributed by atoms with Crippen LogP contribution < -0.4 is 5.32 Å². The molecule has 0 bridgehead atoms. The molecule has 0 aliphatic rings. The second-order valence-electron chi connectivity index (χ2n) is 3.15. The van der Waals surface area contributed by atoms with Gasteiger partial charge >= 0.3 is 0 Å². The lowest BCUT2D eigenvalue weighted by atomic mass is 10.3. The summed E-state index contributed by atoms with van der Waals surface area (Å²) < 4.78 is 0. The minimum atomic E-state index is 0. The summed E-state index contributed by atoms with van der Waals surface area (Å²) >= 11 is 1.75. The third kappa shape index (κ3) is 2.21. The molecule has 0 atom stereocenters. The molecule has 0 fully saturated rings. The van der Waals surface area contributed by atoms with E-state index < -0.39 is 0 Å². The lowest BCUT2D eigenvalue weighted by Gasteiger charge is -2.00. The summed E-state index contributed by atoms with van der Waals surface area (Å²) in [5.41, 5.74) is 0. The third-order valence-electron chi connectivity index (χ3n) is 2.14. The fourth-order valence-corrected chi connectivity index (χ4v) is 2.46. The van der Waals surface area contributed by atoms with Gasteiger partial charge in [-0.1, -0.05) is 6.92 Å². The number of thiophene rings is 1. The van der Waals surface area contributed by atoms with E-state index in [2.05, 4.69) is 28.3 Å². The molecule has 82 valence electrons. The average Bonchev–Trinajstić information content (AvgIpc) is 2.59. The molecule has 0 aromatic carbocycles. The largest absolute Gasteiger partial charge is 0.372 e. The van der Waals surface area contributed by atoms with Crippen LogP contribution in [0.2, 0.25) is 0 Å². The molecule has 0 amide bonds. The van der Waals surface area contributed by atoms with Gasteiger partial charge in [-0.25, -0.2) is 9.97 Å². The Morgan fingerprint density at radius 3 is 2.73 bits per heavy atom. The predicted molar refractivity (Wildman–Crippen MR) is 68.3 cm³/mol. The maximum Gasteiger partial charge on any atom is 0.138 e. The molecular formula is C10H14ClN3S. The van der Waals surface area contributed by atoms with Crippen LogP contribution in [0.1, 0.15) is 17.6 Å². The lowest BCUT2D eigenvalue weighted by molar-refractivity contribution is 1.10. The Labute approximate surface area is 99.4 Å². The summed E-state index contributed by atoms with van der Waals surface area (Å²) in [5, 5.41) is 4.24. The Morgan fingerprint density at radius 2 is 2.13 bits per heavy atom. The zero-order chi connectivity index (χ0) is 10.1. The smallest absolute Gasteiger partial charge is 0.138 e. The average molecular weight is 244 g/mol. The molecular weight excluding hydrogens is 230 g/mol. The highest BCUT2D eigenvalue weighted by Crippen LogP contribution is 2.28. The number of halogens is 1. The minimum Gasteiger partial charge on any atom is -0.372 e. The number of nitrogens with one attached hydrogen (secondary N) is 1. The second-order valence-corrected chi connectivity index (χ2v) is 4.27. The molecule has 5 heteroatoms. The fourth-order valence-electron chi connectivity index (χ4n) is 1.44. The van der Waals surface area contributed by atoms with Crippen molar-refractivity contribution in [2.75, 3.05) is 12.4 Å². The maximum absolute atomic E-state index is 4.42. The third-order valence-corrected chi connectivity index (χ3v) is 3.31. The van der Waals surface area contributed by atoms with Crippen molar-refractivity contribution in [2.24, 2.45) is 0 Å². The van der Waals surface area contributed by atoms with E-state index in [4.69, 9.17) is 0 Å². The SMILES string of the molecule is CCc1cc2c(NC)nc(C)nc2s1.Cl. The Kier molecular flexibility index (Phi) is 3.88. The van der Waals surface area contributed by atoms with Gasteiger partial charge in [0.15, 0.2) is 0 Å². The van der Waals surface area contributed by atoms with Gasteiger partial charge < -0.3 is 5.32 Å². The molecule has 0 saturated heterocycles. The summed E-state index contributed by atoms with van der Waals surface area (Å²) in [6, 6.07) is 2.17. The summed E-state index contributed by atoms with van der Waals surface area (Å²) in [7, 11) is 1.89. The van der Waals surface area contributed by atoms with Crippen LogP contribution in [0.4, 0.5) is 5.82 Å². The monoisotopic (exact) mass is 243 g/mol. The molecule has 0 radical (unpaired) electrons. The van der Waals surface area contributed by atoms with Gasteiger partial charge in [0.1, 0.15) is 16.5 Å². The van der Waals surface area contributed by atoms with Gasteiger partial charge in [0.05, 0.1) is 5.39 Å². The number of fused-ring (bicyclic) bond motifs is 1. The molecule has 0 saturated carbocycles. The number of aromatic nitrogens is 2. The van der Waals surface area contributed by atoms with Crippen molar-refractivity contribution in [3.8, 4) is 0 Å². The van der Waals surface area contributed by atoms with E-state index in [9.17, 15) is 0 Å². The summed E-state index contributed by atoms with van der Waals surface area (Å²) in [6.07, 6.45) is 1.06. The number of nitrogens with zero attached hydrogens (tertiary/aromatic N) is 2. The van der Waals surface area contributed by atoms with Crippen LogP contribution in [0.5, 0.6) is 0 Å². The zero-order valence-corrected chi connectivity index (χ0v) is 10.6. The number of aryl methyl sites for hydroxylation is 2. The van der Waals surface area contributed by atoms with Crippen LogP contribution in [0.3, 0.4) is 0 Å². The molecule has 2 rings (SSSR count). The first-order valence-corrected chi connectivity index (χ1v) is 5.51. The molecule has 2 heterocycles. The van der Waals surface area contributed by atoms with Crippen molar-refractivity contribution in [1.29, 1.82) is 0 Å². The summed E-state index contributed by atoms with van der Waals surface area (Å²) in [5.74, 6) is 1.76. The van der Waals surface area contributed by atoms with Crippen molar-refractivity contribution >= 4 is 39.8 Å². The van der Waals surface area contributed by atoms with Gasteiger partial charge in [-0.05, 0) is 19.4 Å². The van der Waals surface area contributed by atoms with E-state index in [0.29, 0.717) is 0 Å². The Bertz CT molecular complexity index is 467. The topological polar surface area (TPSA) is 37.8 Å². The van der Waals surface area contributed by atoms with E-state index in [1.807, 2.05) is 14.0 Å². The van der Waals surface area contributed by atoms with E-state index in [-0.39, 0.29) is 12.4 Å². The van der Waals surface area contributed by atoms with Gasteiger partial charge in [-0.3, -0.25) is 0 Å². The van der Waals surface area contributed by atoms with Crippen LogP contribution >= 0.6 is 23.7 Å². The Morgan fingerprint density at radius 1 is 1.40 bits per heavy atom. The van der Waals surface area contributed by atoms with Gasteiger partial charge in [0, 0.05) is 11.9 Å². The maximum atomic E-state index is 4.42. The first kappa shape index (κ1) is 12.2. The highest BCUT2D eigenvalue weighted by Gasteiger charge is 2.07. The van der Waals surface area contributed by atoms with Crippen LogP contribution in [0, 0.1) is 6.92 Å². The van der Waals surface area contributed by atoms with Crippen molar-refractivity contribution in [3.05, 3.63) is 16.8 Å². The first-order chi connectivity index (χ1) is 6.74. The Hall–Kier alpha value is -0.870. The van der Waals surface area contributed by atoms with Crippen LogP contribution in [-0.4, -0.2) is 17.0 Å². The molecule has 15 heavy (non-hydrogen) atoms. The molecule has 3 nitrogen and oxygen atoms in total. The van der Waals surface area contributed by atoms with E-state index >= 15 is 0 Å². The second kappa shape index (κ2) is 4.77. The summed E-state index contributed by atoms with van der Waals surface area (Å²) in [6.45, 7) is 4.08. The Balaban J connectivity index is 0.00000112. The van der Waals surface area contributed by atoms with Crippen molar-refractivity contribution < 1.29 is 0 Å². The van der Waals surface area contributed by atoms with E-state index in [0.717, 1.165) is 28.3 Å². The molecule has 0 spiro atoms. The summed E-state index contributed by atoms with van der Waals surface area (Å²) in [4.78, 5) is 11.2. The van der Waals surface area contributed by atoms with Crippen molar-refractivity contribution in [3.63, 3.8) is 0 Å². The van der Waals surface area contributed by atoms with Crippen LogP contribution in [0.25, 0.3) is 10.2 Å². The van der Waals surface area contributed by atoms with Gasteiger partial charge in [-0.2, -0.15) is 0 Å². The number of rotatable bonds is 2. The number of hydrogen-bond donors (Lipinski definition) is 1. The minimum absolute atomic E-state index is 0. The van der Waals surface area contributed by atoms with E-state index in [1.54, 1.807) is 11.3 Å². The lowest BCUT2D eigenvalue weighted by Crippen LogP contribution is -1.96. The zero-order valence-electron chi connectivity index (χ0n) is 9.00. The number of hydrogen-bond acceptors (Lipinski definition) is 4. The standard InChI is InChI=1S/C10H13N3S.ClH/c1-4-7-5-8-9(11-3)12-6(2)13-10(8)14-7;/h5H,4H2,1-3H3,(H,11,12,13);1H. The van der Waals surface area contributed by atoms with Gasteiger partial charge in [0.25, 0.3) is 0 Å². The normalized spacial score (nSPS) is 10.1. The molecule has 2 aromatic heterocycles. The predicted octanol–water partition coefficient (Wildman–Crippen LogP) is 3.03. The van der Waals surface area contributed by atoms with Gasteiger partial charge in [-0.15, -0.1) is 23.7 Å². The van der Waals surface area contributed by atoms with Crippen LogP contribution in [0.15, 0.2) is 6.07 Å². The quantitative estimate of drug-likeness (QED) is 0.881.